The second-order valence-corrected chi connectivity index (χ2v) is 5.75. The second kappa shape index (κ2) is 4.86. The molecule has 2 aromatic heterocycles. The molecule has 1 N–H and O–H groups in total. The van der Waals surface area contributed by atoms with E-state index in [0.29, 0.717) is 0 Å². The Bertz CT molecular complexity index is 578. The first kappa shape index (κ1) is 12.1. The zero-order valence-electron chi connectivity index (χ0n) is 8.72. The van der Waals surface area contributed by atoms with Crippen molar-refractivity contribution < 1.29 is 17.7 Å². The summed E-state index contributed by atoms with van der Waals surface area (Å²) in [6.07, 6.45) is 5.01. The minimum Gasteiger partial charge on any atom is -0.285 e. The maximum atomic E-state index is 10.6. The highest BCUT2D eigenvalue weighted by Crippen LogP contribution is 2.20. The van der Waals surface area contributed by atoms with Crippen molar-refractivity contribution in [2.75, 3.05) is 5.75 Å². The average Bonchev–Trinajstić information content (AvgIpc) is 2.79. The standard InChI is InChI=1S/C9H9N3O3S2/c13-17(14,15)6-5-12-4-2-8(7-10-12)9-1-3-11-16-9/h1-4,7H,5-6H2/p+1. The van der Waals surface area contributed by atoms with Crippen LogP contribution < -0.4 is 4.68 Å². The van der Waals surface area contributed by atoms with Gasteiger partial charge in [0.25, 0.3) is 10.1 Å². The van der Waals surface area contributed by atoms with E-state index in [4.69, 9.17) is 4.55 Å². The average molecular weight is 272 g/mol. The monoisotopic (exact) mass is 272 g/mol. The molecule has 2 rings (SSSR count). The Labute approximate surface area is 102 Å². The minimum absolute atomic E-state index is 0.127. The number of aromatic nitrogens is 3. The third kappa shape index (κ3) is 3.55. The zero-order chi connectivity index (χ0) is 12.3. The maximum absolute atomic E-state index is 10.6. The van der Waals surface area contributed by atoms with E-state index >= 15 is 0 Å². The van der Waals surface area contributed by atoms with Gasteiger partial charge in [-0.15, -0.1) is 0 Å². The van der Waals surface area contributed by atoms with Gasteiger partial charge in [0.2, 0.25) is 0 Å². The maximum Gasteiger partial charge on any atom is 0.271 e. The molecule has 0 fully saturated rings. The van der Waals surface area contributed by atoms with Crippen molar-refractivity contribution in [3.05, 3.63) is 30.7 Å². The Morgan fingerprint density at radius 3 is 2.76 bits per heavy atom. The van der Waals surface area contributed by atoms with Crippen LogP contribution in [0.2, 0.25) is 0 Å². The Kier molecular flexibility index (Phi) is 3.46. The van der Waals surface area contributed by atoms with Crippen molar-refractivity contribution in [2.24, 2.45) is 0 Å². The summed E-state index contributed by atoms with van der Waals surface area (Å²) in [6.45, 7) is 0.127. The van der Waals surface area contributed by atoms with Gasteiger partial charge in [-0.25, -0.2) is 4.37 Å². The van der Waals surface area contributed by atoms with Gasteiger partial charge in [0.15, 0.2) is 12.7 Å². The number of aryl methyl sites for hydroxylation is 1. The first-order valence-corrected chi connectivity index (χ1v) is 7.15. The van der Waals surface area contributed by atoms with Crippen LogP contribution in [0.3, 0.4) is 0 Å². The van der Waals surface area contributed by atoms with E-state index in [1.54, 1.807) is 18.6 Å². The quantitative estimate of drug-likeness (QED) is 0.642. The van der Waals surface area contributed by atoms with Gasteiger partial charge in [-0.3, -0.25) is 4.55 Å². The van der Waals surface area contributed by atoms with E-state index in [0.717, 1.165) is 10.4 Å². The molecule has 0 spiro atoms. The van der Waals surface area contributed by atoms with E-state index in [9.17, 15) is 8.42 Å². The topological polar surface area (TPSA) is 84.0 Å². The molecule has 0 aliphatic carbocycles. The molecule has 90 valence electrons. The molecule has 0 radical (unpaired) electrons. The summed E-state index contributed by atoms with van der Waals surface area (Å²) in [4.78, 5) is 0.999. The molecule has 0 saturated carbocycles. The number of hydrogen-bond donors (Lipinski definition) is 1. The van der Waals surface area contributed by atoms with Gasteiger partial charge < -0.3 is 0 Å². The Morgan fingerprint density at radius 1 is 1.41 bits per heavy atom. The lowest BCUT2D eigenvalue weighted by molar-refractivity contribution is -0.750. The summed E-state index contributed by atoms with van der Waals surface area (Å²) in [5.41, 5.74) is 0.926. The highest BCUT2D eigenvalue weighted by atomic mass is 32.2. The summed E-state index contributed by atoms with van der Waals surface area (Å²) in [7, 11) is -3.94. The molecule has 0 aliphatic rings. The van der Waals surface area contributed by atoms with Crippen molar-refractivity contribution in [1.82, 2.24) is 9.47 Å². The molecule has 0 unspecified atom stereocenters. The lowest BCUT2D eigenvalue weighted by Gasteiger charge is -1.95. The summed E-state index contributed by atoms with van der Waals surface area (Å²) < 4.78 is 35.2. The molecule has 17 heavy (non-hydrogen) atoms. The fourth-order valence-electron chi connectivity index (χ4n) is 1.24. The van der Waals surface area contributed by atoms with Gasteiger partial charge >= 0.3 is 0 Å². The van der Waals surface area contributed by atoms with Gasteiger partial charge in [-0.05, 0) is 22.7 Å². The summed E-state index contributed by atoms with van der Waals surface area (Å²) in [5.74, 6) is -0.343. The van der Waals surface area contributed by atoms with Crippen LogP contribution in [-0.4, -0.2) is 28.2 Å². The molecule has 0 atom stereocenters. The van der Waals surface area contributed by atoms with Crippen LogP contribution in [0.5, 0.6) is 0 Å². The largest absolute Gasteiger partial charge is 0.285 e. The van der Waals surface area contributed by atoms with Crippen LogP contribution in [0.25, 0.3) is 10.4 Å². The van der Waals surface area contributed by atoms with Crippen LogP contribution in [0.1, 0.15) is 0 Å². The molecule has 6 nitrogen and oxygen atoms in total. The SMILES string of the molecule is O=S(=O)(O)CC[n+]1ccc(-c2ccns2)cn1. The van der Waals surface area contributed by atoms with Crippen LogP contribution in [0.15, 0.2) is 30.7 Å². The number of hydrogen-bond acceptors (Lipinski definition) is 5. The van der Waals surface area contributed by atoms with Gasteiger partial charge in [-0.1, -0.05) is 4.68 Å². The third-order valence-corrected chi connectivity index (χ3v) is 3.57. The summed E-state index contributed by atoms with van der Waals surface area (Å²) in [5, 5.41) is 4.06. The molecule has 2 heterocycles. The Morgan fingerprint density at radius 2 is 2.24 bits per heavy atom. The van der Waals surface area contributed by atoms with Crippen LogP contribution in [0.4, 0.5) is 0 Å². The van der Waals surface area contributed by atoms with Crippen LogP contribution >= 0.6 is 11.5 Å². The summed E-state index contributed by atoms with van der Waals surface area (Å²) in [6, 6.07) is 3.70. The smallest absolute Gasteiger partial charge is 0.271 e. The van der Waals surface area contributed by atoms with Crippen molar-refractivity contribution in [3.63, 3.8) is 0 Å². The van der Waals surface area contributed by atoms with Gasteiger partial charge in [0, 0.05) is 17.8 Å². The zero-order valence-corrected chi connectivity index (χ0v) is 10.4. The van der Waals surface area contributed by atoms with Crippen molar-refractivity contribution >= 4 is 21.7 Å². The molecule has 0 aliphatic heterocycles. The van der Waals surface area contributed by atoms with E-state index in [1.165, 1.54) is 16.2 Å². The van der Waals surface area contributed by atoms with Crippen molar-refractivity contribution in [1.29, 1.82) is 0 Å². The van der Waals surface area contributed by atoms with E-state index in [2.05, 4.69) is 9.47 Å². The fourth-order valence-corrected chi connectivity index (χ4v) is 2.24. The molecule has 8 heteroatoms. The lowest BCUT2D eigenvalue weighted by atomic mass is 10.3. The Hall–Kier alpha value is -1.38. The number of rotatable bonds is 4. The van der Waals surface area contributed by atoms with Crippen molar-refractivity contribution in [2.45, 2.75) is 6.54 Å². The highest BCUT2D eigenvalue weighted by Gasteiger charge is 2.11. The van der Waals surface area contributed by atoms with Crippen LogP contribution in [-0.2, 0) is 16.7 Å². The van der Waals surface area contributed by atoms with Crippen LogP contribution in [0, 0.1) is 0 Å². The first-order valence-electron chi connectivity index (χ1n) is 4.76. The third-order valence-electron chi connectivity index (χ3n) is 2.07. The molecule has 0 amide bonds. The van der Waals surface area contributed by atoms with Gasteiger partial charge in [0.05, 0.1) is 4.88 Å². The van der Waals surface area contributed by atoms with E-state index < -0.39 is 10.1 Å². The van der Waals surface area contributed by atoms with Gasteiger partial charge in [0.1, 0.15) is 11.9 Å². The second-order valence-electron chi connectivity index (χ2n) is 3.34. The minimum atomic E-state index is -3.94. The molecular formula is C9H10N3O3S2+. The first-order chi connectivity index (χ1) is 8.04. The Balaban J connectivity index is 2.09. The van der Waals surface area contributed by atoms with E-state index in [-0.39, 0.29) is 12.3 Å². The normalized spacial score (nSPS) is 11.6. The predicted molar refractivity (Wildman–Crippen MR) is 62.0 cm³/mol. The van der Waals surface area contributed by atoms with Gasteiger partial charge in [-0.2, -0.15) is 8.42 Å². The molecule has 0 aromatic carbocycles. The molecule has 2 aromatic rings. The fraction of sp³-hybridized carbons (Fsp3) is 0.222. The molecule has 0 saturated heterocycles. The lowest BCUT2D eigenvalue weighted by Crippen LogP contribution is -2.40. The molecule has 0 bridgehead atoms. The predicted octanol–water partition coefficient (Wildman–Crippen LogP) is 0.380. The highest BCUT2D eigenvalue weighted by molar-refractivity contribution is 7.85. The van der Waals surface area contributed by atoms with E-state index in [1.807, 2.05) is 12.1 Å². The van der Waals surface area contributed by atoms with Crippen molar-refractivity contribution in [3.8, 4) is 10.4 Å². The summed E-state index contributed by atoms with van der Waals surface area (Å²) >= 11 is 1.36. The molecular weight excluding hydrogens is 262 g/mol. The number of nitrogens with zero attached hydrogens (tertiary/aromatic N) is 3.